The van der Waals surface area contributed by atoms with E-state index in [0.29, 0.717) is 13.2 Å². The molecule has 4 rings (SSSR count). The SMILES string of the molecule is CCc1ccc2nc(N(Cc3ccccc3)C(=O)CCOc3ccccc3)sc2c1. The highest BCUT2D eigenvalue weighted by Crippen LogP contribution is 2.31. The number of rotatable bonds is 8. The fourth-order valence-corrected chi connectivity index (χ4v) is 4.27. The summed E-state index contributed by atoms with van der Waals surface area (Å²) in [7, 11) is 0. The Labute approximate surface area is 180 Å². The van der Waals surface area contributed by atoms with Gasteiger partial charge in [0.05, 0.1) is 29.8 Å². The molecule has 30 heavy (non-hydrogen) atoms. The van der Waals surface area contributed by atoms with Gasteiger partial charge in [-0.25, -0.2) is 4.98 Å². The number of aromatic nitrogens is 1. The molecule has 0 aliphatic carbocycles. The summed E-state index contributed by atoms with van der Waals surface area (Å²) in [6.07, 6.45) is 1.27. The molecular formula is C25H24N2O2S. The molecule has 0 atom stereocenters. The van der Waals surface area contributed by atoms with E-state index < -0.39 is 0 Å². The van der Waals surface area contributed by atoms with E-state index in [1.807, 2.05) is 66.7 Å². The number of fused-ring (bicyclic) bond motifs is 1. The first-order valence-corrected chi connectivity index (χ1v) is 11.0. The van der Waals surface area contributed by atoms with Gasteiger partial charge in [0.1, 0.15) is 5.75 Å². The van der Waals surface area contributed by atoms with E-state index in [0.717, 1.165) is 33.1 Å². The number of ether oxygens (including phenoxy) is 1. The molecule has 0 aliphatic rings. The Hall–Kier alpha value is -3.18. The molecule has 1 aromatic heterocycles. The Balaban J connectivity index is 1.55. The van der Waals surface area contributed by atoms with Crippen LogP contribution in [0.15, 0.2) is 78.9 Å². The Morgan fingerprint density at radius 1 is 0.967 bits per heavy atom. The van der Waals surface area contributed by atoms with Gasteiger partial charge < -0.3 is 4.74 Å². The molecule has 0 N–H and O–H groups in total. The normalized spacial score (nSPS) is 10.8. The van der Waals surface area contributed by atoms with Crippen molar-refractivity contribution in [2.75, 3.05) is 11.5 Å². The smallest absolute Gasteiger partial charge is 0.232 e. The second kappa shape index (κ2) is 9.55. The zero-order valence-electron chi connectivity index (χ0n) is 17.0. The van der Waals surface area contributed by atoms with Crippen LogP contribution in [0.25, 0.3) is 10.2 Å². The second-order valence-electron chi connectivity index (χ2n) is 7.03. The lowest BCUT2D eigenvalue weighted by Crippen LogP contribution is -2.31. The van der Waals surface area contributed by atoms with Gasteiger partial charge in [-0.1, -0.05) is 72.9 Å². The lowest BCUT2D eigenvalue weighted by Gasteiger charge is -2.20. The number of benzene rings is 3. The Kier molecular flexibility index (Phi) is 6.40. The van der Waals surface area contributed by atoms with Gasteiger partial charge in [-0.3, -0.25) is 9.69 Å². The third-order valence-electron chi connectivity index (χ3n) is 4.89. The summed E-state index contributed by atoms with van der Waals surface area (Å²) in [5.41, 5.74) is 3.27. The maximum Gasteiger partial charge on any atom is 0.232 e. The summed E-state index contributed by atoms with van der Waals surface area (Å²) in [6, 6.07) is 25.9. The molecule has 0 unspecified atom stereocenters. The molecule has 0 saturated heterocycles. The first-order valence-electron chi connectivity index (χ1n) is 10.1. The first kappa shape index (κ1) is 20.1. The monoisotopic (exact) mass is 416 g/mol. The first-order chi connectivity index (χ1) is 14.7. The van der Waals surface area contributed by atoms with Gasteiger partial charge >= 0.3 is 0 Å². The highest BCUT2D eigenvalue weighted by molar-refractivity contribution is 7.22. The van der Waals surface area contributed by atoms with E-state index >= 15 is 0 Å². The van der Waals surface area contributed by atoms with Gasteiger partial charge in [0.15, 0.2) is 5.13 Å². The predicted octanol–water partition coefficient (Wildman–Crippen LogP) is 5.86. The molecule has 0 saturated carbocycles. The van der Waals surface area contributed by atoms with E-state index in [2.05, 4.69) is 19.1 Å². The summed E-state index contributed by atoms with van der Waals surface area (Å²) >= 11 is 1.57. The number of aryl methyl sites for hydroxylation is 1. The average Bonchev–Trinajstić information content (AvgIpc) is 3.21. The molecule has 1 amide bonds. The van der Waals surface area contributed by atoms with Crippen LogP contribution in [0.4, 0.5) is 5.13 Å². The molecule has 0 aliphatic heterocycles. The number of hydrogen-bond acceptors (Lipinski definition) is 4. The Bertz CT molecular complexity index is 1110. The van der Waals surface area contributed by atoms with E-state index in [9.17, 15) is 4.79 Å². The summed E-state index contributed by atoms with van der Waals surface area (Å²) in [6.45, 7) is 2.96. The summed E-state index contributed by atoms with van der Waals surface area (Å²) < 4.78 is 6.84. The lowest BCUT2D eigenvalue weighted by molar-refractivity contribution is -0.119. The van der Waals surface area contributed by atoms with Gasteiger partial charge in [0.25, 0.3) is 0 Å². The molecule has 0 radical (unpaired) electrons. The summed E-state index contributed by atoms with van der Waals surface area (Å²) in [4.78, 5) is 19.7. The van der Waals surface area contributed by atoms with E-state index in [1.54, 1.807) is 16.2 Å². The fourth-order valence-electron chi connectivity index (χ4n) is 3.23. The van der Waals surface area contributed by atoms with Gasteiger partial charge in [0.2, 0.25) is 5.91 Å². The van der Waals surface area contributed by atoms with Crippen molar-refractivity contribution in [1.29, 1.82) is 0 Å². The standard InChI is InChI=1S/C25H24N2O2S/c1-2-19-13-14-22-23(17-19)30-25(26-22)27(18-20-9-5-3-6-10-20)24(28)15-16-29-21-11-7-4-8-12-21/h3-14,17H,2,15-16,18H2,1H3. The van der Waals surface area contributed by atoms with Gasteiger partial charge in [-0.2, -0.15) is 0 Å². The van der Waals surface area contributed by atoms with Crippen LogP contribution in [0.2, 0.25) is 0 Å². The zero-order valence-corrected chi connectivity index (χ0v) is 17.8. The minimum absolute atomic E-state index is 0.00422. The lowest BCUT2D eigenvalue weighted by atomic mass is 10.2. The number of nitrogens with zero attached hydrogens (tertiary/aromatic N) is 2. The number of carbonyl (C=O) groups is 1. The molecule has 0 bridgehead atoms. The van der Waals surface area contributed by atoms with Crippen molar-refractivity contribution in [2.45, 2.75) is 26.3 Å². The third-order valence-corrected chi connectivity index (χ3v) is 5.93. The highest BCUT2D eigenvalue weighted by atomic mass is 32.1. The maximum absolute atomic E-state index is 13.2. The molecule has 5 heteroatoms. The predicted molar refractivity (Wildman–Crippen MR) is 123 cm³/mol. The third kappa shape index (κ3) is 4.86. The van der Waals surface area contributed by atoms with Crippen LogP contribution in [-0.2, 0) is 17.8 Å². The zero-order chi connectivity index (χ0) is 20.8. The van der Waals surface area contributed by atoms with Crippen LogP contribution in [0, 0.1) is 0 Å². The van der Waals surface area contributed by atoms with Gasteiger partial charge in [-0.15, -0.1) is 0 Å². The van der Waals surface area contributed by atoms with Crippen LogP contribution in [0.3, 0.4) is 0 Å². The molecule has 0 fully saturated rings. The quantitative estimate of drug-likeness (QED) is 0.361. The van der Waals surface area contributed by atoms with Crippen molar-refractivity contribution in [2.24, 2.45) is 0 Å². The summed E-state index contributed by atoms with van der Waals surface area (Å²) in [5.74, 6) is 0.775. The second-order valence-corrected chi connectivity index (χ2v) is 8.04. The number of carbonyl (C=O) groups excluding carboxylic acids is 1. The summed E-state index contributed by atoms with van der Waals surface area (Å²) in [5, 5.41) is 0.729. The van der Waals surface area contributed by atoms with Crippen LogP contribution in [0.1, 0.15) is 24.5 Å². The largest absolute Gasteiger partial charge is 0.493 e. The molecule has 4 aromatic rings. The van der Waals surface area contributed by atoms with Crippen molar-refractivity contribution >= 4 is 32.6 Å². The molecule has 3 aromatic carbocycles. The van der Waals surface area contributed by atoms with Gasteiger partial charge in [0, 0.05) is 0 Å². The van der Waals surface area contributed by atoms with E-state index in [4.69, 9.17) is 9.72 Å². The Morgan fingerprint density at radius 2 is 1.70 bits per heavy atom. The number of amides is 1. The molecule has 4 nitrogen and oxygen atoms in total. The van der Waals surface area contributed by atoms with Crippen molar-refractivity contribution in [3.8, 4) is 5.75 Å². The number of anilines is 1. The highest BCUT2D eigenvalue weighted by Gasteiger charge is 2.20. The topological polar surface area (TPSA) is 42.4 Å². The fraction of sp³-hybridized carbons (Fsp3) is 0.200. The van der Waals surface area contributed by atoms with Crippen molar-refractivity contribution in [3.05, 3.63) is 90.0 Å². The molecule has 1 heterocycles. The van der Waals surface area contributed by atoms with Crippen LogP contribution in [-0.4, -0.2) is 17.5 Å². The van der Waals surface area contributed by atoms with Crippen molar-refractivity contribution in [1.82, 2.24) is 4.98 Å². The number of para-hydroxylation sites is 1. The molecule has 0 spiro atoms. The average molecular weight is 417 g/mol. The number of hydrogen-bond donors (Lipinski definition) is 0. The number of thiazole rings is 1. The Morgan fingerprint density at radius 3 is 2.43 bits per heavy atom. The van der Waals surface area contributed by atoms with Crippen molar-refractivity contribution < 1.29 is 9.53 Å². The van der Waals surface area contributed by atoms with Crippen LogP contribution in [0.5, 0.6) is 5.75 Å². The van der Waals surface area contributed by atoms with E-state index in [-0.39, 0.29) is 12.3 Å². The maximum atomic E-state index is 13.2. The minimum Gasteiger partial charge on any atom is -0.493 e. The van der Waals surface area contributed by atoms with Crippen LogP contribution >= 0.6 is 11.3 Å². The van der Waals surface area contributed by atoms with Gasteiger partial charge in [-0.05, 0) is 41.8 Å². The minimum atomic E-state index is 0.00422. The van der Waals surface area contributed by atoms with E-state index in [1.165, 1.54) is 5.56 Å². The molecular weight excluding hydrogens is 392 g/mol. The molecule has 152 valence electrons. The van der Waals surface area contributed by atoms with Crippen molar-refractivity contribution in [3.63, 3.8) is 0 Å². The van der Waals surface area contributed by atoms with Crippen LogP contribution < -0.4 is 9.64 Å².